The molecule has 0 amide bonds. The summed E-state index contributed by atoms with van der Waals surface area (Å²) in [5.41, 5.74) is 0.873. The summed E-state index contributed by atoms with van der Waals surface area (Å²) in [7, 11) is 1.61. The van der Waals surface area contributed by atoms with E-state index in [2.05, 4.69) is 9.97 Å². The van der Waals surface area contributed by atoms with E-state index in [4.69, 9.17) is 0 Å². The van der Waals surface area contributed by atoms with Gasteiger partial charge in [-0.3, -0.25) is 0 Å². The van der Waals surface area contributed by atoms with Crippen molar-refractivity contribution in [3.63, 3.8) is 0 Å². The number of hydrogen-bond acceptors (Lipinski definition) is 1. The van der Waals surface area contributed by atoms with Crippen molar-refractivity contribution in [3.8, 4) is 0 Å². The molecule has 0 bridgehead atoms. The van der Waals surface area contributed by atoms with Crippen LogP contribution in [0.5, 0.6) is 0 Å². The van der Waals surface area contributed by atoms with Gasteiger partial charge in [-0.05, 0) is 6.07 Å². The summed E-state index contributed by atoms with van der Waals surface area (Å²) in [4.78, 5) is 6.58. The number of imidazole rings is 1. The molecule has 0 aliphatic heterocycles. The zero-order valence-electron chi connectivity index (χ0n) is 7.31. The Bertz CT molecular complexity index is 475. The highest BCUT2D eigenvalue weighted by Crippen LogP contribution is 2.29. The van der Waals surface area contributed by atoms with E-state index in [-0.39, 0.29) is 0 Å². The molecule has 0 fully saturated rings. The molecule has 1 aromatic carbocycles. The lowest BCUT2D eigenvalue weighted by atomic mass is 9.92. The van der Waals surface area contributed by atoms with Crippen molar-refractivity contribution in [1.29, 1.82) is 0 Å². The maximum absolute atomic E-state index is 12.4. The zero-order chi connectivity index (χ0) is 10.3. The SMILES string of the molecule is Bc1cc(C(F)(F)F)cc2[nH]cnc12. The van der Waals surface area contributed by atoms with Gasteiger partial charge in [-0.25, -0.2) is 4.98 Å². The van der Waals surface area contributed by atoms with Crippen LogP contribution in [0.3, 0.4) is 0 Å². The standard InChI is InChI=1S/C8H6BF3N2/c9-5-1-4(8(10,11)12)2-6-7(5)14-3-13-6/h1-3H,9H2,(H,13,14). The van der Waals surface area contributed by atoms with Crippen molar-refractivity contribution >= 4 is 24.3 Å². The van der Waals surface area contributed by atoms with Gasteiger partial charge in [0.05, 0.1) is 22.9 Å². The van der Waals surface area contributed by atoms with Gasteiger partial charge in [0.15, 0.2) is 0 Å². The number of halogens is 3. The number of hydrogen-bond donors (Lipinski definition) is 1. The van der Waals surface area contributed by atoms with Gasteiger partial charge in [0.25, 0.3) is 0 Å². The fourth-order valence-electron chi connectivity index (χ4n) is 1.39. The van der Waals surface area contributed by atoms with Crippen LogP contribution in [0.1, 0.15) is 5.56 Å². The minimum absolute atomic E-state index is 0.414. The molecule has 0 aliphatic rings. The molecule has 0 saturated carbocycles. The van der Waals surface area contributed by atoms with Gasteiger partial charge in [0.2, 0.25) is 0 Å². The molecule has 0 atom stereocenters. The average molecular weight is 198 g/mol. The molecule has 1 aromatic heterocycles. The minimum atomic E-state index is -4.30. The van der Waals surface area contributed by atoms with Crippen molar-refractivity contribution in [2.45, 2.75) is 6.18 Å². The highest BCUT2D eigenvalue weighted by molar-refractivity contribution is 6.38. The minimum Gasteiger partial charge on any atom is -0.345 e. The van der Waals surface area contributed by atoms with Crippen LogP contribution in [0.15, 0.2) is 18.5 Å². The molecule has 6 heteroatoms. The summed E-state index contributed by atoms with van der Waals surface area (Å²) in [5, 5.41) is 0. The average Bonchev–Trinajstić information content (AvgIpc) is 2.50. The Morgan fingerprint density at radius 3 is 2.64 bits per heavy atom. The fraction of sp³-hybridized carbons (Fsp3) is 0.125. The van der Waals surface area contributed by atoms with Gasteiger partial charge in [-0.2, -0.15) is 13.2 Å². The molecule has 2 rings (SSSR count). The first-order chi connectivity index (χ1) is 6.48. The van der Waals surface area contributed by atoms with Crippen LogP contribution < -0.4 is 5.46 Å². The van der Waals surface area contributed by atoms with Gasteiger partial charge in [0.1, 0.15) is 7.85 Å². The lowest BCUT2D eigenvalue weighted by molar-refractivity contribution is -0.137. The largest absolute Gasteiger partial charge is 0.416 e. The predicted octanol–water partition coefficient (Wildman–Crippen LogP) is 0.840. The number of aromatic nitrogens is 2. The number of rotatable bonds is 0. The molecule has 0 aliphatic carbocycles. The van der Waals surface area contributed by atoms with Gasteiger partial charge in [-0.1, -0.05) is 11.5 Å². The molecule has 2 nitrogen and oxygen atoms in total. The van der Waals surface area contributed by atoms with Crippen LogP contribution in [-0.2, 0) is 6.18 Å². The van der Waals surface area contributed by atoms with Crippen molar-refractivity contribution in [2.24, 2.45) is 0 Å². The van der Waals surface area contributed by atoms with E-state index in [0.717, 1.165) is 12.1 Å². The topological polar surface area (TPSA) is 28.7 Å². The van der Waals surface area contributed by atoms with Crippen molar-refractivity contribution < 1.29 is 13.2 Å². The number of nitrogens with zero attached hydrogens (tertiary/aromatic N) is 1. The van der Waals surface area contributed by atoms with Gasteiger partial charge in [0, 0.05) is 0 Å². The molecule has 14 heavy (non-hydrogen) atoms. The highest BCUT2D eigenvalue weighted by Gasteiger charge is 2.31. The number of nitrogens with one attached hydrogen (secondary N) is 1. The summed E-state index contributed by atoms with van der Waals surface area (Å²) >= 11 is 0. The number of fused-ring (bicyclic) bond motifs is 1. The van der Waals surface area contributed by atoms with Crippen LogP contribution in [0.25, 0.3) is 11.0 Å². The summed E-state index contributed by atoms with van der Waals surface area (Å²) in [6, 6.07) is 2.17. The van der Waals surface area contributed by atoms with Crippen LogP contribution in [0.2, 0.25) is 0 Å². The Balaban J connectivity index is 2.70. The summed E-state index contributed by atoms with van der Waals surface area (Å²) in [6.45, 7) is 0. The summed E-state index contributed by atoms with van der Waals surface area (Å²) in [5.74, 6) is 0. The molecule has 0 radical (unpaired) electrons. The molecule has 72 valence electrons. The number of alkyl halides is 3. The Morgan fingerprint density at radius 2 is 2.00 bits per heavy atom. The van der Waals surface area contributed by atoms with E-state index >= 15 is 0 Å². The van der Waals surface area contributed by atoms with Gasteiger partial charge in [-0.15, -0.1) is 0 Å². The molecule has 1 heterocycles. The third-order valence-electron chi connectivity index (χ3n) is 2.04. The smallest absolute Gasteiger partial charge is 0.345 e. The fourth-order valence-corrected chi connectivity index (χ4v) is 1.39. The highest BCUT2D eigenvalue weighted by atomic mass is 19.4. The molecule has 0 spiro atoms. The van der Waals surface area contributed by atoms with Gasteiger partial charge >= 0.3 is 6.18 Å². The Kier molecular flexibility index (Phi) is 1.80. The normalized spacial score (nSPS) is 12.2. The van der Waals surface area contributed by atoms with Crippen LogP contribution in [0.4, 0.5) is 13.2 Å². The van der Waals surface area contributed by atoms with E-state index in [1.807, 2.05) is 0 Å². The van der Waals surface area contributed by atoms with E-state index in [0.29, 0.717) is 16.5 Å². The van der Waals surface area contributed by atoms with E-state index in [1.54, 1.807) is 7.85 Å². The Morgan fingerprint density at radius 1 is 1.29 bits per heavy atom. The lowest BCUT2D eigenvalue weighted by Gasteiger charge is -2.07. The zero-order valence-corrected chi connectivity index (χ0v) is 7.31. The van der Waals surface area contributed by atoms with Crippen molar-refractivity contribution in [3.05, 3.63) is 24.0 Å². The third kappa shape index (κ3) is 1.36. The molecule has 0 unspecified atom stereocenters. The Labute approximate surface area is 78.6 Å². The molecular weight excluding hydrogens is 192 g/mol. The second-order valence-electron chi connectivity index (χ2n) is 3.09. The first kappa shape index (κ1) is 9.11. The van der Waals surface area contributed by atoms with Crippen LogP contribution >= 0.6 is 0 Å². The monoisotopic (exact) mass is 198 g/mol. The lowest BCUT2D eigenvalue weighted by Crippen LogP contribution is -2.12. The summed E-state index contributed by atoms with van der Waals surface area (Å²) < 4.78 is 37.1. The molecular formula is C8H6BF3N2. The maximum Gasteiger partial charge on any atom is 0.416 e. The Hall–Kier alpha value is -1.46. The van der Waals surface area contributed by atoms with E-state index in [9.17, 15) is 13.2 Å². The first-order valence-electron chi connectivity index (χ1n) is 3.99. The number of H-pyrrole nitrogens is 1. The predicted molar refractivity (Wildman–Crippen MR) is 49.3 cm³/mol. The van der Waals surface area contributed by atoms with Crippen molar-refractivity contribution in [1.82, 2.24) is 9.97 Å². The number of aromatic amines is 1. The van der Waals surface area contributed by atoms with E-state index < -0.39 is 11.7 Å². The van der Waals surface area contributed by atoms with Gasteiger partial charge < -0.3 is 4.98 Å². The number of benzene rings is 1. The molecule has 0 saturated heterocycles. The first-order valence-corrected chi connectivity index (χ1v) is 3.99. The third-order valence-corrected chi connectivity index (χ3v) is 2.04. The van der Waals surface area contributed by atoms with Crippen molar-refractivity contribution in [2.75, 3.05) is 0 Å². The van der Waals surface area contributed by atoms with E-state index in [1.165, 1.54) is 6.33 Å². The van der Waals surface area contributed by atoms with Crippen LogP contribution in [-0.4, -0.2) is 17.8 Å². The molecule has 1 N–H and O–H groups in total. The summed E-state index contributed by atoms with van der Waals surface area (Å²) in [6.07, 6.45) is -2.91. The second kappa shape index (κ2) is 2.77. The molecule has 2 aromatic rings. The maximum atomic E-state index is 12.4. The van der Waals surface area contributed by atoms with Crippen LogP contribution in [0, 0.1) is 0 Å². The quantitative estimate of drug-likeness (QED) is 0.624. The second-order valence-corrected chi connectivity index (χ2v) is 3.09.